The summed E-state index contributed by atoms with van der Waals surface area (Å²) in [5, 5.41) is 0.555. The molecule has 3 nitrogen and oxygen atoms in total. The molecule has 1 aromatic carbocycles. The van der Waals surface area contributed by atoms with Crippen LogP contribution in [0, 0.1) is 0 Å². The minimum Gasteiger partial charge on any atom is -0.497 e. The molecule has 98 valence electrons. The second-order valence-corrected chi connectivity index (χ2v) is 6.30. The lowest BCUT2D eigenvalue weighted by Gasteiger charge is -2.08. The number of methoxy groups -OCH3 is 1. The van der Waals surface area contributed by atoms with Crippen LogP contribution in [0.3, 0.4) is 0 Å². The topological polar surface area (TPSA) is 35.0 Å². The third kappa shape index (κ3) is 2.47. The van der Waals surface area contributed by atoms with Crippen LogP contribution in [-0.2, 0) is 11.5 Å². The summed E-state index contributed by atoms with van der Waals surface area (Å²) >= 11 is 11.6. The van der Waals surface area contributed by atoms with Gasteiger partial charge in [0.05, 0.1) is 12.8 Å². The second-order valence-electron chi connectivity index (χ2n) is 4.10. The molecule has 2 aromatic rings. The highest BCUT2D eigenvalue weighted by atomic mass is 79.9. The Balaban J connectivity index is 2.14. The average Bonchev–Trinajstić information content (AvgIpc) is 2.88. The zero-order chi connectivity index (χ0) is 13.4. The minimum absolute atomic E-state index is 0.555. The first kappa shape index (κ1) is 13.2. The quantitative estimate of drug-likeness (QED) is 0.750. The number of hydrogen-bond donors (Lipinski definition) is 0. The maximum absolute atomic E-state index is 6.24. The maximum Gasteiger partial charge on any atom is 0.162 e. The Labute approximate surface area is 128 Å². The summed E-state index contributed by atoms with van der Waals surface area (Å²) in [4.78, 5) is 9.03. The molecule has 1 aliphatic rings. The lowest BCUT2D eigenvalue weighted by molar-refractivity contribution is 0.415. The van der Waals surface area contributed by atoms with Crippen LogP contribution >= 0.6 is 39.3 Å². The van der Waals surface area contributed by atoms with Crippen molar-refractivity contribution in [3.05, 3.63) is 39.1 Å². The number of halogens is 2. The van der Waals surface area contributed by atoms with Crippen molar-refractivity contribution in [2.75, 3.05) is 7.11 Å². The molecule has 0 saturated carbocycles. The summed E-state index contributed by atoms with van der Waals surface area (Å²) in [6.45, 7) is 0. The lowest BCUT2D eigenvalue weighted by Crippen LogP contribution is -1.98. The number of fused-ring (bicyclic) bond motifs is 1. The molecular formula is C13H10BrClN2OS. The van der Waals surface area contributed by atoms with Crippen molar-refractivity contribution in [2.24, 2.45) is 0 Å². The molecule has 0 amide bonds. The number of nitrogens with zero attached hydrogens (tertiary/aromatic N) is 2. The molecule has 0 N–H and O–H groups in total. The largest absolute Gasteiger partial charge is 0.497 e. The van der Waals surface area contributed by atoms with Gasteiger partial charge in [0.2, 0.25) is 0 Å². The van der Waals surface area contributed by atoms with Crippen LogP contribution in [0.15, 0.2) is 22.7 Å². The Kier molecular flexibility index (Phi) is 3.69. The molecule has 3 rings (SSSR count). The molecular weight excluding hydrogens is 348 g/mol. The standard InChI is InChI=1S/C13H10BrClN2OS/c1-18-7-2-3-10(14)8(4-7)13-16-11-6-19-5-9(11)12(15)17-13/h2-4H,5-6H2,1H3. The highest BCUT2D eigenvalue weighted by Crippen LogP contribution is 2.36. The number of thioether (sulfide) groups is 1. The van der Waals surface area contributed by atoms with E-state index in [1.807, 2.05) is 30.0 Å². The van der Waals surface area contributed by atoms with E-state index >= 15 is 0 Å². The van der Waals surface area contributed by atoms with E-state index < -0.39 is 0 Å². The molecule has 0 fully saturated rings. The van der Waals surface area contributed by atoms with Gasteiger partial charge in [0.1, 0.15) is 10.9 Å². The first-order chi connectivity index (χ1) is 9.19. The monoisotopic (exact) mass is 356 g/mol. The molecule has 0 radical (unpaired) electrons. The fraction of sp³-hybridized carbons (Fsp3) is 0.231. The van der Waals surface area contributed by atoms with Gasteiger partial charge >= 0.3 is 0 Å². The van der Waals surface area contributed by atoms with Crippen molar-refractivity contribution in [2.45, 2.75) is 11.5 Å². The summed E-state index contributed by atoms with van der Waals surface area (Å²) < 4.78 is 6.17. The van der Waals surface area contributed by atoms with Crippen molar-refractivity contribution in [3.8, 4) is 17.1 Å². The number of aromatic nitrogens is 2. The number of rotatable bonds is 2. The molecule has 1 aromatic heterocycles. The van der Waals surface area contributed by atoms with Gasteiger partial charge in [-0.3, -0.25) is 0 Å². The van der Waals surface area contributed by atoms with Crippen LogP contribution in [0.25, 0.3) is 11.4 Å². The molecule has 0 unspecified atom stereocenters. The van der Waals surface area contributed by atoms with E-state index in [0.717, 1.165) is 38.5 Å². The molecule has 2 heterocycles. The predicted octanol–water partition coefficient (Wildman–Crippen LogP) is 4.31. The van der Waals surface area contributed by atoms with Gasteiger partial charge < -0.3 is 4.74 Å². The highest BCUT2D eigenvalue weighted by molar-refractivity contribution is 9.10. The highest BCUT2D eigenvalue weighted by Gasteiger charge is 2.20. The van der Waals surface area contributed by atoms with E-state index in [1.165, 1.54) is 0 Å². The van der Waals surface area contributed by atoms with Crippen molar-refractivity contribution in [1.29, 1.82) is 0 Å². The lowest BCUT2D eigenvalue weighted by atomic mass is 10.2. The van der Waals surface area contributed by atoms with E-state index in [0.29, 0.717) is 11.0 Å². The van der Waals surface area contributed by atoms with Crippen LogP contribution in [-0.4, -0.2) is 17.1 Å². The van der Waals surface area contributed by atoms with Crippen molar-refractivity contribution >= 4 is 39.3 Å². The predicted molar refractivity (Wildman–Crippen MR) is 81.7 cm³/mol. The van der Waals surface area contributed by atoms with Crippen LogP contribution in [0.5, 0.6) is 5.75 Å². The number of hydrogen-bond acceptors (Lipinski definition) is 4. The number of ether oxygens (including phenoxy) is 1. The van der Waals surface area contributed by atoms with E-state index in [9.17, 15) is 0 Å². The van der Waals surface area contributed by atoms with E-state index in [4.69, 9.17) is 16.3 Å². The Hall–Kier alpha value is -0.780. The zero-order valence-electron chi connectivity index (χ0n) is 10.1. The molecule has 19 heavy (non-hydrogen) atoms. The summed E-state index contributed by atoms with van der Waals surface area (Å²) in [6.07, 6.45) is 0. The van der Waals surface area contributed by atoms with Crippen LogP contribution < -0.4 is 4.74 Å². The van der Waals surface area contributed by atoms with E-state index in [2.05, 4.69) is 25.9 Å². The molecule has 0 atom stereocenters. The average molecular weight is 358 g/mol. The summed E-state index contributed by atoms with van der Waals surface area (Å²) in [5.41, 5.74) is 2.99. The van der Waals surface area contributed by atoms with Gasteiger partial charge in [-0.2, -0.15) is 11.8 Å². The Morgan fingerprint density at radius 2 is 2.16 bits per heavy atom. The SMILES string of the molecule is COc1ccc(Br)c(-c2nc(Cl)c3c(n2)CSC3)c1. The minimum atomic E-state index is 0.555. The Bertz CT molecular complexity index is 651. The molecule has 0 saturated heterocycles. The maximum atomic E-state index is 6.24. The van der Waals surface area contributed by atoms with Gasteiger partial charge in [0.25, 0.3) is 0 Å². The van der Waals surface area contributed by atoms with Gasteiger partial charge in [-0.15, -0.1) is 0 Å². The summed E-state index contributed by atoms with van der Waals surface area (Å²) in [5.74, 6) is 3.20. The van der Waals surface area contributed by atoms with Crippen LogP contribution in [0.4, 0.5) is 0 Å². The first-order valence-corrected chi connectivity index (χ1v) is 7.98. The summed E-state index contributed by atoms with van der Waals surface area (Å²) in [7, 11) is 1.64. The zero-order valence-corrected chi connectivity index (χ0v) is 13.3. The van der Waals surface area contributed by atoms with Crippen molar-refractivity contribution in [1.82, 2.24) is 9.97 Å². The van der Waals surface area contributed by atoms with Gasteiger partial charge in [-0.1, -0.05) is 27.5 Å². The van der Waals surface area contributed by atoms with Crippen LogP contribution in [0.2, 0.25) is 5.15 Å². The van der Waals surface area contributed by atoms with Gasteiger partial charge in [-0.25, -0.2) is 9.97 Å². The summed E-state index contributed by atoms with van der Waals surface area (Å²) in [6, 6.07) is 5.72. The van der Waals surface area contributed by atoms with Crippen LogP contribution in [0.1, 0.15) is 11.3 Å². The first-order valence-electron chi connectivity index (χ1n) is 5.66. The van der Waals surface area contributed by atoms with Crippen molar-refractivity contribution < 1.29 is 4.74 Å². The second kappa shape index (κ2) is 5.31. The van der Waals surface area contributed by atoms with E-state index in [1.54, 1.807) is 7.11 Å². The molecule has 1 aliphatic heterocycles. The van der Waals surface area contributed by atoms with Gasteiger partial charge in [-0.05, 0) is 18.2 Å². The smallest absolute Gasteiger partial charge is 0.162 e. The third-order valence-corrected chi connectivity index (χ3v) is 4.92. The fourth-order valence-electron chi connectivity index (χ4n) is 1.94. The Morgan fingerprint density at radius 1 is 1.32 bits per heavy atom. The number of benzene rings is 1. The van der Waals surface area contributed by atoms with Gasteiger partial charge in [0, 0.05) is 27.1 Å². The molecule has 0 bridgehead atoms. The van der Waals surface area contributed by atoms with Gasteiger partial charge in [0.15, 0.2) is 5.82 Å². The molecule has 0 aliphatic carbocycles. The normalized spacial score (nSPS) is 13.4. The third-order valence-electron chi connectivity index (χ3n) is 2.94. The molecule has 6 heteroatoms. The fourth-order valence-corrected chi connectivity index (χ4v) is 3.74. The van der Waals surface area contributed by atoms with E-state index in [-0.39, 0.29) is 0 Å². The molecule has 0 spiro atoms. The Morgan fingerprint density at radius 3 is 2.95 bits per heavy atom. The van der Waals surface area contributed by atoms with Crippen molar-refractivity contribution in [3.63, 3.8) is 0 Å².